The van der Waals surface area contributed by atoms with Crippen LogP contribution in [0.25, 0.3) is 11.3 Å². The Bertz CT molecular complexity index is 730. The van der Waals surface area contributed by atoms with E-state index < -0.39 is 24.3 Å². The topological polar surface area (TPSA) is 31.4 Å². The predicted octanol–water partition coefficient (Wildman–Crippen LogP) is 3.50. The minimum Gasteiger partial charge on any atom is -0.399 e. The van der Waals surface area contributed by atoms with Crippen molar-refractivity contribution < 1.29 is 13.7 Å². The average molecular weight is 313 g/mol. The highest BCUT2D eigenvalue weighted by Gasteiger charge is 2.52. The molecule has 1 aliphatic rings. The number of aromatic nitrogens is 1. The molecule has 0 bridgehead atoms. The maximum atomic E-state index is 14.5. The molecule has 0 radical (unpaired) electrons. The van der Waals surface area contributed by atoms with Crippen molar-refractivity contribution in [1.29, 1.82) is 0 Å². The molecule has 3 rings (SSSR count). The first kappa shape index (κ1) is 16.2. The first-order chi connectivity index (χ1) is 10.7. The molecule has 23 heavy (non-hydrogen) atoms. The van der Waals surface area contributed by atoms with E-state index in [9.17, 15) is 4.39 Å². The van der Waals surface area contributed by atoms with Crippen molar-refractivity contribution in [1.82, 2.24) is 4.98 Å². The molecule has 5 heteroatoms. The zero-order valence-corrected chi connectivity index (χ0v) is 14.2. The van der Waals surface area contributed by atoms with Crippen LogP contribution in [0.3, 0.4) is 0 Å². The molecule has 0 amide bonds. The summed E-state index contributed by atoms with van der Waals surface area (Å²) in [4.78, 5) is 4.10. The second kappa shape index (κ2) is 5.43. The van der Waals surface area contributed by atoms with E-state index in [0.29, 0.717) is 11.2 Å². The van der Waals surface area contributed by atoms with Crippen LogP contribution in [0.1, 0.15) is 33.3 Å². The molecule has 0 aliphatic carbocycles. The standard InChI is InChI=1S/C18H21BFNO2/c1-12-7-6-8-13(11-12)15-10-9-14(16(20)21-15)19-22-17(2,3)18(4,5)23-19/h6-11H,1-5H3. The molecule has 1 aliphatic heterocycles. The van der Waals surface area contributed by atoms with Gasteiger partial charge in [0.2, 0.25) is 5.95 Å². The van der Waals surface area contributed by atoms with Crippen LogP contribution in [-0.4, -0.2) is 23.3 Å². The molecule has 1 fully saturated rings. The zero-order chi connectivity index (χ0) is 16.8. The Morgan fingerprint density at radius 1 is 1.00 bits per heavy atom. The molecule has 0 spiro atoms. The Hall–Kier alpha value is -1.72. The van der Waals surface area contributed by atoms with Crippen LogP contribution in [0.4, 0.5) is 4.39 Å². The van der Waals surface area contributed by atoms with Gasteiger partial charge in [-0.25, -0.2) is 4.98 Å². The summed E-state index contributed by atoms with van der Waals surface area (Å²) in [5.41, 5.74) is 1.94. The number of hydrogen-bond donors (Lipinski definition) is 0. The third-order valence-corrected chi connectivity index (χ3v) is 4.70. The Balaban J connectivity index is 1.92. The van der Waals surface area contributed by atoms with E-state index in [1.54, 1.807) is 12.1 Å². The van der Waals surface area contributed by atoms with Crippen molar-refractivity contribution in [3.05, 3.63) is 47.9 Å². The normalized spacial score (nSPS) is 19.1. The van der Waals surface area contributed by atoms with Crippen LogP contribution >= 0.6 is 0 Å². The minimum absolute atomic E-state index is 0.333. The molecule has 120 valence electrons. The summed E-state index contributed by atoms with van der Waals surface area (Å²) in [7, 11) is -0.737. The SMILES string of the molecule is Cc1cccc(-c2ccc(B3OC(C)(C)C(C)(C)O3)c(F)n2)c1. The number of hydrogen-bond acceptors (Lipinski definition) is 3. The van der Waals surface area contributed by atoms with Crippen LogP contribution in [-0.2, 0) is 9.31 Å². The highest BCUT2D eigenvalue weighted by atomic mass is 19.1. The monoisotopic (exact) mass is 313 g/mol. The Morgan fingerprint density at radius 2 is 1.65 bits per heavy atom. The molecular weight excluding hydrogens is 292 g/mol. The van der Waals surface area contributed by atoms with Crippen molar-refractivity contribution in [3.63, 3.8) is 0 Å². The Labute approximate surface area is 137 Å². The minimum atomic E-state index is -0.737. The van der Waals surface area contributed by atoms with Gasteiger partial charge in [0.25, 0.3) is 0 Å². The molecule has 0 saturated carbocycles. The largest absolute Gasteiger partial charge is 0.499 e. The zero-order valence-electron chi connectivity index (χ0n) is 14.2. The van der Waals surface area contributed by atoms with E-state index in [1.807, 2.05) is 58.9 Å². The summed E-state index contributed by atoms with van der Waals surface area (Å²) < 4.78 is 26.3. The van der Waals surface area contributed by atoms with Gasteiger partial charge in [0.1, 0.15) is 0 Å². The van der Waals surface area contributed by atoms with Gasteiger partial charge in [0.15, 0.2) is 0 Å². The molecule has 0 atom stereocenters. The summed E-state index contributed by atoms with van der Waals surface area (Å²) in [6, 6.07) is 11.3. The summed E-state index contributed by atoms with van der Waals surface area (Å²) in [5, 5.41) is 0. The molecule has 3 nitrogen and oxygen atoms in total. The third kappa shape index (κ3) is 2.91. The number of aryl methyl sites for hydroxylation is 1. The fraction of sp³-hybridized carbons (Fsp3) is 0.389. The van der Waals surface area contributed by atoms with Gasteiger partial charge in [-0.05, 0) is 46.8 Å². The van der Waals surface area contributed by atoms with E-state index >= 15 is 0 Å². The summed E-state index contributed by atoms with van der Waals surface area (Å²) in [6.07, 6.45) is 0. The summed E-state index contributed by atoms with van der Waals surface area (Å²) in [5.74, 6) is -0.553. The van der Waals surface area contributed by atoms with Gasteiger partial charge in [0.05, 0.1) is 16.9 Å². The lowest BCUT2D eigenvalue weighted by Crippen LogP contribution is -2.41. The van der Waals surface area contributed by atoms with Gasteiger partial charge >= 0.3 is 7.12 Å². The van der Waals surface area contributed by atoms with Crippen LogP contribution < -0.4 is 5.46 Å². The number of nitrogens with zero attached hydrogens (tertiary/aromatic N) is 1. The van der Waals surface area contributed by atoms with E-state index in [0.717, 1.165) is 11.1 Å². The molecular formula is C18H21BFNO2. The molecule has 2 aromatic rings. The number of halogens is 1. The van der Waals surface area contributed by atoms with Gasteiger partial charge in [-0.1, -0.05) is 29.8 Å². The van der Waals surface area contributed by atoms with Crippen molar-refractivity contribution in [2.24, 2.45) is 0 Å². The van der Waals surface area contributed by atoms with Crippen LogP contribution in [0.15, 0.2) is 36.4 Å². The summed E-state index contributed by atoms with van der Waals surface area (Å²) >= 11 is 0. The highest BCUT2D eigenvalue weighted by Crippen LogP contribution is 2.36. The second-order valence-electron chi connectivity index (χ2n) is 7.03. The lowest BCUT2D eigenvalue weighted by Gasteiger charge is -2.32. The average Bonchev–Trinajstić information content (AvgIpc) is 2.67. The Kier molecular flexibility index (Phi) is 3.81. The maximum absolute atomic E-state index is 14.5. The van der Waals surface area contributed by atoms with Crippen molar-refractivity contribution >= 4 is 12.6 Å². The number of pyridine rings is 1. The Morgan fingerprint density at radius 3 is 2.22 bits per heavy atom. The highest BCUT2D eigenvalue weighted by molar-refractivity contribution is 6.62. The first-order valence-electron chi connectivity index (χ1n) is 7.79. The first-order valence-corrected chi connectivity index (χ1v) is 7.79. The lowest BCUT2D eigenvalue weighted by molar-refractivity contribution is 0.00578. The van der Waals surface area contributed by atoms with Gasteiger partial charge < -0.3 is 9.31 Å². The fourth-order valence-corrected chi connectivity index (χ4v) is 2.56. The van der Waals surface area contributed by atoms with E-state index in [2.05, 4.69) is 4.98 Å². The number of benzene rings is 1. The van der Waals surface area contributed by atoms with Gasteiger partial charge in [0, 0.05) is 11.0 Å². The molecule has 1 saturated heterocycles. The third-order valence-electron chi connectivity index (χ3n) is 4.70. The lowest BCUT2D eigenvalue weighted by atomic mass is 9.80. The fourth-order valence-electron chi connectivity index (χ4n) is 2.56. The van der Waals surface area contributed by atoms with Crippen molar-refractivity contribution in [2.45, 2.75) is 45.8 Å². The van der Waals surface area contributed by atoms with Crippen molar-refractivity contribution in [2.75, 3.05) is 0 Å². The van der Waals surface area contributed by atoms with E-state index in [4.69, 9.17) is 9.31 Å². The maximum Gasteiger partial charge on any atom is 0.499 e. The molecule has 2 heterocycles. The van der Waals surface area contributed by atoms with Gasteiger partial charge in [-0.15, -0.1) is 0 Å². The van der Waals surface area contributed by atoms with Gasteiger partial charge in [-0.3, -0.25) is 0 Å². The smallest absolute Gasteiger partial charge is 0.399 e. The van der Waals surface area contributed by atoms with Crippen LogP contribution in [0.2, 0.25) is 0 Å². The van der Waals surface area contributed by atoms with Crippen LogP contribution in [0.5, 0.6) is 0 Å². The quantitative estimate of drug-likeness (QED) is 0.628. The molecule has 0 unspecified atom stereocenters. The van der Waals surface area contributed by atoms with Gasteiger partial charge in [-0.2, -0.15) is 4.39 Å². The molecule has 0 N–H and O–H groups in total. The summed E-state index contributed by atoms with van der Waals surface area (Å²) in [6.45, 7) is 9.77. The predicted molar refractivity (Wildman–Crippen MR) is 90.1 cm³/mol. The number of rotatable bonds is 2. The van der Waals surface area contributed by atoms with Crippen LogP contribution in [0, 0.1) is 12.9 Å². The van der Waals surface area contributed by atoms with E-state index in [-0.39, 0.29) is 0 Å². The second-order valence-corrected chi connectivity index (χ2v) is 7.03. The van der Waals surface area contributed by atoms with E-state index in [1.165, 1.54) is 0 Å². The van der Waals surface area contributed by atoms with Crippen molar-refractivity contribution in [3.8, 4) is 11.3 Å². The molecule has 1 aromatic heterocycles. The molecule has 1 aromatic carbocycles.